The summed E-state index contributed by atoms with van der Waals surface area (Å²) >= 11 is 12.0. The molecule has 2 aromatic carbocycles. The average Bonchev–Trinajstić information content (AvgIpc) is 2.83. The van der Waals surface area contributed by atoms with Gasteiger partial charge in [0.2, 0.25) is 0 Å². The van der Waals surface area contributed by atoms with Crippen molar-refractivity contribution in [3.05, 3.63) is 58.2 Å². The third-order valence-corrected chi connectivity index (χ3v) is 3.32. The van der Waals surface area contributed by atoms with Gasteiger partial charge in [-0.3, -0.25) is 5.10 Å². The number of nitrogens with one attached hydrogen (secondary N) is 2. The van der Waals surface area contributed by atoms with Crippen LogP contribution in [-0.2, 0) is 6.54 Å². The number of aromatic nitrogens is 2. The number of H-pyrrole nitrogens is 1. The van der Waals surface area contributed by atoms with Gasteiger partial charge in [-0.25, -0.2) is 0 Å². The van der Waals surface area contributed by atoms with E-state index in [1.54, 1.807) is 12.3 Å². The summed E-state index contributed by atoms with van der Waals surface area (Å²) in [6, 6.07) is 11.5. The van der Waals surface area contributed by atoms with E-state index in [1.807, 2.05) is 30.3 Å². The second kappa shape index (κ2) is 5.11. The van der Waals surface area contributed by atoms with Crippen molar-refractivity contribution in [2.75, 3.05) is 5.32 Å². The molecule has 2 N–H and O–H groups in total. The molecule has 0 aliphatic heterocycles. The molecule has 3 nitrogen and oxygen atoms in total. The highest BCUT2D eigenvalue weighted by Crippen LogP contribution is 2.23. The van der Waals surface area contributed by atoms with E-state index >= 15 is 0 Å². The van der Waals surface area contributed by atoms with Crippen molar-refractivity contribution in [3.8, 4) is 0 Å². The Morgan fingerprint density at radius 2 is 1.89 bits per heavy atom. The van der Waals surface area contributed by atoms with Crippen LogP contribution in [0, 0.1) is 0 Å². The van der Waals surface area contributed by atoms with Gasteiger partial charge < -0.3 is 5.32 Å². The lowest BCUT2D eigenvalue weighted by Crippen LogP contribution is -2.00. The van der Waals surface area contributed by atoms with Gasteiger partial charge in [-0.15, -0.1) is 0 Å². The molecule has 0 fully saturated rings. The fourth-order valence-corrected chi connectivity index (χ4v) is 2.60. The quantitative estimate of drug-likeness (QED) is 0.747. The molecule has 0 radical (unpaired) electrons. The molecule has 3 aromatic rings. The third kappa shape index (κ3) is 2.67. The van der Waals surface area contributed by atoms with Crippen LogP contribution in [0.4, 0.5) is 5.69 Å². The number of para-hydroxylation sites is 1. The smallest absolute Gasteiger partial charge is 0.0881 e. The average molecular weight is 292 g/mol. The minimum atomic E-state index is 0.643. The monoisotopic (exact) mass is 291 g/mol. The molecule has 0 unspecified atom stereocenters. The van der Waals surface area contributed by atoms with Crippen LogP contribution in [-0.4, -0.2) is 10.2 Å². The summed E-state index contributed by atoms with van der Waals surface area (Å²) in [5, 5.41) is 12.7. The molecule has 3 rings (SSSR count). The molecule has 0 amide bonds. The zero-order valence-electron chi connectivity index (χ0n) is 9.95. The Labute approximate surface area is 120 Å². The van der Waals surface area contributed by atoms with Gasteiger partial charge in [0.15, 0.2) is 0 Å². The summed E-state index contributed by atoms with van der Waals surface area (Å²) in [5.41, 5.74) is 3.04. The highest BCUT2D eigenvalue weighted by atomic mass is 35.5. The molecule has 1 aromatic heterocycles. The first-order chi connectivity index (χ1) is 9.22. The van der Waals surface area contributed by atoms with Crippen molar-refractivity contribution in [1.29, 1.82) is 0 Å². The summed E-state index contributed by atoms with van der Waals surface area (Å²) in [5.74, 6) is 0. The summed E-state index contributed by atoms with van der Waals surface area (Å²) in [6.45, 7) is 0.651. The number of hydrogen-bond donors (Lipinski definition) is 2. The van der Waals surface area contributed by atoms with Crippen molar-refractivity contribution in [3.63, 3.8) is 0 Å². The first kappa shape index (κ1) is 12.3. The molecule has 0 bridgehead atoms. The maximum Gasteiger partial charge on any atom is 0.0881 e. The highest BCUT2D eigenvalue weighted by molar-refractivity contribution is 6.34. The second-order valence-corrected chi connectivity index (χ2v) is 5.14. The van der Waals surface area contributed by atoms with Crippen LogP contribution < -0.4 is 5.32 Å². The molecule has 0 saturated carbocycles. The molecule has 0 aliphatic rings. The van der Waals surface area contributed by atoms with E-state index in [1.165, 1.54) is 0 Å². The van der Waals surface area contributed by atoms with Gasteiger partial charge in [-0.2, -0.15) is 5.10 Å². The molecule has 0 aliphatic carbocycles. The molecule has 1 heterocycles. The number of rotatable bonds is 3. The van der Waals surface area contributed by atoms with Gasteiger partial charge in [0.25, 0.3) is 0 Å². The van der Waals surface area contributed by atoms with E-state index < -0.39 is 0 Å². The molecule has 0 saturated heterocycles. The van der Waals surface area contributed by atoms with Crippen molar-refractivity contribution in [1.82, 2.24) is 10.2 Å². The number of aromatic amines is 1. The van der Waals surface area contributed by atoms with E-state index in [0.717, 1.165) is 22.2 Å². The van der Waals surface area contributed by atoms with Crippen molar-refractivity contribution in [2.45, 2.75) is 6.54 Å². The molecule has 0 spiro atoms. The summed E-state index contributed by atoms with van der Waals surface area (Å²) in [7, 11) is 0. The first-order valence-corrected chi connectivity index (χ1v) is 6.59. The van der Waals surface area contributed by atoms with Gasteiger partial charge in [0.05, 0.1) is 17.4 Å². The van der Waals surface area contributed by atoms with E-state index in [0.29, 0.717) is 16.6 Å². The molecular weight excluding hydrogens is 281 g/mol. The fraction of sp³-hybridized carbons (Fsp3) is 0.0714. The van der Waals surface area contributed by atoms with Crippen LogP contribution in [0.15, 0.2) is 42.6 Å². The van der Waals surface area contributed by atoms with Crippen LogP contribution in [0.5, 0.6) is 0 Å². The van der Waals surface area contributed by atoms with Crippen molar-refractivity contribution in [2.24, 2.45) is 0 Å². The maximum absolute atomic E-state index is 5.98. The lowest BCUT2D eigenvalue weighted by molar-refractivity contribution is 1.11. The van der Waals surface area contributed by atoms with Gasteiger partial charge >= 0.3 is 0 Å². The molecule has 96 valence electrons. The normalized spacial score (nSPS) is 10.8. The Morgan fingerprint density at radius 1 is 1.11 bits per heavy atom. The Hall–Kier alpha value is -1.71. The Kier molecular flexibility index (Phi) is 3.32. The Balaban J connectivity index is 1.84. The SMILES string of the molecule is Clc1cc(Cl)cc(CNc2cccc3cn[nH]c23)c1. The minimum absolute atomic E-state index is 0.643. The van der Waals surface area contributed by atoms with E-state index in [-0.39, 0.29) is 0 Å². The van der Waals surface area contributed by atoms with Crippen LogP contribution in [0.1, 0.15) is 5.56 Å². The summed E-state index contributed by atoms with van der Waals surface area (Å²) < 4.78 is 0. The topological polar surface area (TPSA) is 40.7 Å². The third-order valence-electron chi connectivity index (χ3n) is 2.88. The molecule has 5 heteroatoms. The Bertz CT molecular complexity index is 701. The van der Waals surface area contributed by atoms with Gasteiger partial charge in [0, 0.05) is 22.0 Å². The zero-order chi connectivity index (χ0) is 13.2. The van der Waals surface area contributed by atoms with Crippen LogP contribution in [0.2, 0.25) is 10.0 Å². The fourth-order valence-electron chi connectivity index (χ4n) is 2.03. The number of fused-ring (bicyclic) bond motifs is 1. The lowest BCUT2D eigenvalue weighted by atomic mass is 10.2. The maximum atomic E-state index is 5.98. The van der Waals surface area contributed by atoms with E-state index in [9.17, 15) is 0 Å². The highest BCUT2D eigenvalue weighted by Gasteiger charge is 2.03. The van der Waals surface area contributed by atoms with Gasteiger partial charge in [0.1, 0.15) is 0 Å². The predicted molar refractivity (Wildman–Crippen MR) is 79.9 cm³/mol. The van der Waals surface area contributed by atoms with Crippen LogP contribution in [0.3, 0.4) is 0 Å². The van der Waals surface area contributed by atoms with Gasteiger partial charge in [-0.1, -0.05) is 35.3 Å². The van der Waals surface area contributed by atoms with Gasteiger partial charge in [-0.05, 0) is 29.8 Å². The number of hydrogen-bond acceptors (Lipinski definition) is 2. The molecule has 19 heavy (non-hydrogen) atoms. The van der Waals surface area contributed by atoms with Crippen molar-refractivity contribution >= 4 is 39.8 Å². The van der Waals surface area contributed by atoms with Crippen LogP contribution >= 0.6 is 23.2 Å². The van der Waals surface area contributed by atoms with Crippen molar-refractivity contribution < 1.29 is 0 Å². The lowest BCUT2D eigenvalue weighted by Gasteiger charge is -2.08. The second-order valence-electron chi connectivity index (χ2n) is 4.27. The zero-order valence-corrected chi connectivity index (χ0v) is 11.5. The number of nitrogens with zero attached hydrogens (tertiary/aromatic N) is 1. The largest absolute Gasteiger partial charge is 0.379 e. The number of benzene rings is 2. The first-order valence-electron chi connectivity index (χ1n) is 5.83. The standard InChI is InChI=1S/C14H11Cl2N3/c15-11-4-9(5-12(16)6-11)7-17-13-3-1-2-10-8-18-19-14(10)13/h1-6,8,17H,7H2,(H,18,19). The summed E-state index contributed by atoms with van der Waals surface area (Å²) in [6.07, 6.45) is 1.80. The summed E-state index contributed by atoms with van der Waals surface area (Å²) in [4.78, 5) is 0. The van der Waals surface area contributed by atoms with E-state index in [4.69, 9.17) is 23.2 Å². The number of anilines is 1. The Morgan fingerprint density at radius 3 is 2.68 bits per heavy atom. The molecule has 0 atom stereocenters. The predicted octanol–water partition coefficient (Wildman–Crippen LogP) is 4.48. The van der Waals surface area contributed by atoms with E-state index in [2.05, 4.69) is 15.5 Å². The van der Waals surface area contributed by atoms with Crippen LogP contribution in [0.25, 0.3) is 10.9 Å². The minimum Gasteiger partial charge on any atom is -0.379 e. The number of halogens is 2. The molecular formula is C14H11Cl2N3.